The molecule has 0 aromatic heterocycles. The Hall–Kier alpha value is -0.630. The van der Waals surface area contributed by atoms with Crippen LogP contribution in [0.4, 0.5) is 0 Å². The summed E-state index contributed by atoms with van der Waals surface area (Å²) in [6.07, 6.45) is 0. The van der Waals surface area contributed by atoms with Crippen molar-refractivity contribution in [1.29, 1.82) is 0 Å². The fourth-order valence-corrected chi connectivity index (χ4v) is 0.632. The third-order valence-electron chi connectivity index (χ3n) is 1.68. The summed E-state index contributed by atoms with van der Waals surface area (Å²) in [4.78, 5) is 12.3. The average molecular weight is 142 g/mol. The van der Waals surface area contributed by atoms with Gasteiger partial charge in [0.05, 0.1) is 14.1 Å². The third-order valence-corrected chi connectivity index (χ3v) is 1.68. The van der Waals surface area contributed by atoms with Gasteiger partial charge in [0.1, 0.15) is 6.04 Å². The summed E-state index contributed by atoms with van der Waals surface area (Å²) < 4.78 is 0. The Bertz CT molecular complexity index is 149. The smallest absolute Gasteiger partial charge is 0.214 e. The summed E-state index contributed by atoms with van der Waals surface area (Å²) in [6.45, 7) is 7.26. The van der Waals surface area contributed by atoms with Crippen molar-refractivity contribution in [3.63, 3.8) is 0 Å². The second kappa shape index (κ2) is 3.52. The van der Waals surface area contributed by atoms with E-state index in [2.05, 4.69) is 6.58 Å². The summed E-state index contributed by atoms with van der Waals surface area (Å²) in [7, 11) is 3.93. The van der Waals surface area contributed by atoms with Crippen LogP contribution in [0, 0.1) is 0 Å². The van der Waals surface area contributed by atoms with Gasteiger partial charge in [0.15, 0.2) is 0 Å². The molecule has 0 aromatic rings. The van der Waals surface area contributed by atoms with E-state index in [1.54, 1.807) is 6.92 Å². The van der Waals surface area contributed by atoms with E-state index in [0.29, 0.717) is 5.57 Å². The minimum Gasteiger partial charge on any atom is -0.331 e. The Balaban J connectivity index is 4.08. The van der Waals surface area contributed by atoms with Crippen molar-refractivity contribution in [1.82, 2.24) is 0 Å². The van der Waals surface area contributed by atoms with E-state index < -0.39 is 0 Å². The molecule has 0 aliphatic rings. The number of Topliss-reactive ketones (excluding diaryl/α,β-unsaturated/α-hetero) is 1. The van der Waals surface area contributed by atoms with Gasteiger partial charge in [-0.25, -0.2) is 0 Å². The van der Waals surface area contributed by atoms with Crippen LogP contribution in [0.5, 0.6) is 0 Å². The summed E-state index contributed by atoms with van der Waals surface area (Å²) in [5.74, 6) is 0.153. The van der Waals surface area contributed by atoms with E-state index in [0.717, 1.165) is 4.90 Å². The Morgan fingerprint density at radius 1 is 1.50 bits per heavy atom. The highest BCUT2D eigenvalue weighted by Gasteiger charge is 2.18. The van der Waals surface area contributed by atoms with Crippen molar-refractivity contribution >= 4 is 5.78 Å². The van der Waals surface area contributed by atoms with Crippen molar-refractivity contribution in [3.8, 4) is 0 Å². The van der Waals surface area contributed by atoms with Gasteiger partial charge in [-0.2, -0.15) is 0 Å². The topological polar surface area (TPSA) is 21.5 Å². The van der Waals surface area contributed by atoms with Gasteiger partial charge in [0.25, 0.3) is 0 Å². The molecule has 2 heteroatoms. The lowest BCUT2D eigenvalue weighted by molar-refractivity contribution is -0.873. The molecule has 0 amide bonds. The van der Waals surface area contributed by atoms with Gasteiger partial charge in [-0.05, 0) is 19.4 Å². The molecular formula is C8H16NO+. The zero-order chi connectivity index (χ0) is 8.31. The maximum Gasteiger partial charge on any atom is 0.214 e. The first-order chi connectivity index (χ1) is 4.46. The van der Waals surface area contributed by atoms with Crippen LogP contribution in [0.1, 0.15) is 13.8 Å². The van der Waals surface area contributed by atoms with Crippen LogP contribution in [0.15, 0.2) is 12.2 Å². The number of rotatable bonds is 3. The lowest BCUT2D eigenvalue weighted by Gasteiger charge is -2.14. The molecule has 0 aliphatic carbocycles. The molecule has 0 aliphatic heterocycles. The molecule has 0 heterocycles. The fraction of sp³-hybridized carbons (Fsp3) is 0.625. The van der Waals surface area contributed by atoms with Crippen LogP contribution in [0.2, 0.25) is 0 Å². The SMILES string of the molecule is C=C(C)C(=O)C(C)[NH+](C)C. The van der Waals surface area contributed by atoms with Crippen LogP contribution >= 0.6 is 0 Å². The molecule has 1 N–H and O–H groups in total. The van der Waals surface area contributed by atoms with Crippen molar-refractivity contribution in [2.45, 2.75) is 19.9 Å². The van der Waals surface area contributed by atoms with Crippen LogP contribution in [0.3, 0.4) is 0 Å². The third kappa shape index (κ3) is 2.31. The average Bonchev–Trinajstić information content (AvgIpc) is 1.84. The van der Waals surface area contributed by atoms with Crippen LogP contribution in [-0.4, -0.2) is 25.9 Å². The Labute approximate surface area is 62.5 Å². The lowest BCUT2D eigenvalue weighted by atomic mass is 10.1. The first-order valence-electron chi connectivity index (χ1n) is 3.46. The molecule has 10 heavy (non-hydrogen) atoms. The number of carbonyl (C=O) groups is 1. The van der Waals surface area contributed by atoms with E-state index in [4.69, 9.17) is 0 Å². The van der Waals surface area contributed by atoms with E-state index in [9.17, 15) is 4.79 Å². The highest BCUT2D eigenvalue weighted by molar-refractivity contribution is 5.97. The maximum atomic E-state index is 11.2. The van der Waals surface area contributed by atoms with Gasteiger partial charge in [-0.3, -0.25) is 4.79 Å². The first kappa shape index (κ1) is 9.37. The molecule has 2 nitrogen and oxygen atoms in total. The second-order valence-corrected chi connectivity index (χ2v) is 2.94. The van der Waals surface area contributed by atoms with E-state index in [1.165, 1.54) is 0 Å². The monoisotopic (exact) mass is 142 g/mol. The molecule has 0 saturated carbocycles. The Morgan fingerprint density at radius 3 is 2.00 bits per heavy atom. The van der Waals surface area contributed by atoms with Crippen LogP contribution < -0.4 is 4.90 Å². The molecule has 0 saturated heterocycles. The molecule has 0 spiro atoms. The van der Waals surface area contributed by atoms with E-state index in [-0.39, 0.29) is 11.8 Å². The van der Waals surface area contributed by atoms with Crippen molar-refractivity contribution in [2.75, 3.05) is 14.1 Å². The van der Waals surface area contributed by atoms with Gasteiger partial charge in [0.2, 0.25) is 5.78 Å². The minimum absolute atomic E-state index is 0.0394. The first-order valence-corrected chi connectivity index (χ1v) is 3.46. The van der Waals surface area contributed by atoms with Crippen LogP contribution in [-0.2, 0) is 4.79 Å². The molecule has 1 unspecified atom stereocenters. The summed E-state index contributed by atoms with van der Waals surface area (Å²) >= 11 is 0. The highest BCUT2D eigenvalue weighted by atomic mass is 16.1. The predicted molar refractivity (Wildman–Crippen MR) is 42.1 cm³/mol. The van der Waals surface area contributed by atoms with Crippen molar-refractivity contribution in [3.05, 3.63) is 12.2 Å². The van der Waals surface area contributed by atoms with Gasteiger partial charge >= 0.3 is 0 Å². The fourth-order valence-electron chi connectivity index (χ4n) is 0.632. The zero-order valence-corrected chi connectivity index (χ0v) is 7.19. The molecule has 0 fully saturated rings. The highest BCUT2D eigenvalue weighted by Crippen LogP contribution is 1.91. The zero-order valence-electron chi connectivity index (χ0n) is 7.19. The van der Waals surface area contributed by atoms with Gasteiger partial charge in [-0.15, -0.1) is 0 Å². The molecule has 0 aromatic carbocycles. The van der Waals surface area contributed by atoms with Gasteiger partial charge in [0, 0.05) is 0 Å². The normalized spacial score (nSPS) is 13.3. The number of likely N-dealkylation sites (N-methyl/N-ethyl adjacent to an activating group) is 1. The van der Waals surface area contributed by atoms with Crippen molar-refractivity contribution < 1.29 is 9.69 Å². The Kier molecular flexibility index (Phi) is 3.30. The molecule has 1 atom stereocenters. The van der Waals surface area contributed by atoms with E-state index >= 15 is 0 Å². The quantitative estimate of drug-likeness (QED) is 0.535. The number of nitrogens with one attached hydrogen (secondary N) is 1. The van der Waals surface area contributed by atoms with Crippen LogP contribution in [0.25, 0.3) is 0 Å². The molecule has 0 rings (SSSR count). The lowest BCUT2D eigenvalue weighted by Crippen LogP contribution is -3.10. The predicted octanol–water partition coefficient (Wildman–Crippen LogP) is -0.335. The van der Waals surface area contributed by atoms with Crippen molar-refractivity contribution in [2.24, 2.45) is 0 Å². The van der Waals surface area contributed by atoms with E-state index in [1.807, 2.05) is 21.0 Å². The largest absolute Gasteiger partial charge is 0.331 e. The number of ketones is 1. The molecule has 0 bridgehead atoms. The molecule has 0 radical (unpaired) electrons. The molecule has 58 valence electrons. The number of quaternary nitrogens is 1. The van der Waals surface area contributed by atoms with Gasteiger partial charge < -0.3 is 4.90 Å². The van der Waals surface area contributed by atoms with Gasteiger partial charge in [-0.1, -0.05) is 6.58 Å². The summed E-state index contributed by atoms with van der Waals surface area (Å²) in [5.41, 5.74) is 0.647. The maximum absolute atomic E-state index is 11.2. The summed E-state index contributed by atoms with van der Waals surface area (Å²) in [6, 6.07) is 0.0394. The molecular weight excluding hydrogens is 126 g/mol. The number of hydrogen-bond donors (Lipinski definition) is 1. The number of hydrogen-bond acceptors (Lipinski definition) is 1. The standard InChI is InChI=1S/C8H15NO/c1-6(2)8(10)7(3)9(4)5/h7H,1H2,2-5H3/p+1. The Morgan fingerprint density at radius 2 is 1.90 bits per heavy atom. The second-order valence-electron chi connectivity index (χ2n) is 2.94. The number of carbonyl (C=O) groups excluding carboxylic acids is 1. The minimum atomic E-state index is 0.0394. The summed E-state index contributed by atoms with van der Waals surface area (Å²) in [5, 5.41) is 0.